The van der Waals surface area contributed by atoms with E-state index in [9.17, 15) is 0 Å². The zero-order chi connectivity index (χ0) is 12.2. The lowest BCUT2D eigenvalue weighted by molar-refractivity contribution is 0.305. The number of nitrogens with two attached hydrogens (primary N) is 1. The van der Waals surface area contributed by atoms with E-state index in [1.165, 1.54) is 19.3 Å². The summed E-state index contributed by atoms with van der Waals surface area (Å²) < 4.78 is 0. The summed E-state index contributed by atoms with van der Waals surface area (Å²) in [6.07, 6.45) is 4.25. The molecule has 4 heteroatoms. The molecule has 1 aliphatic rings. The van der Waals surface area contributed by atoms with Crippen LogP contribution in [0, 0.1) is 10.8 Å². The molecule has 4 N–H and O–H groups in total. The summed E-state index contributed by atoms with van der Waals surface area (Å²) in [5.41, 5.74) is 6.17. The minimum Gasteiger partial charge on any atom is -0.409 e. The lowest BCUT2D eigenvalue weighted by Gasteiger charge is -2.25. The fourth-order valence-corrected chi connectivity index (χ4v) is 1.80. The van der Waals surface area contributed by atoms with E-state index in [0.29, 0.717) is 17.7 Å². The monoisotopic (exact) mass is 227 g/mol. The second-order valence-corrected chi connectivity index (χ2v) is 5.89. The minimum absolute atomic E-state index is 0.264. The van der Waals surface area contributed by atoms with Gasteiger partial charge in [-0.3, -0.25) is 0 Å². The molecule has 0 aromatic heterocycles. The van der Waals surface area contributed by atoms with Crippen molar-refractivity contribution in [3.8, 4) is 0 Å². The highest BCUT2D eigenvalue weighted by Crippen LogP contribution is 2.48. The van der Waals surface area contributed by atoms with Gasteiger partial charge in [0.1, 0.15) is 5.84 Å². The van der Waals surface area contributed by atoms with E-state index >= 15 is 0 Å². The highest BCUT2D eigenvalue weighted by atomic mass is 16.4. The third-order valence-corrected chi connectivity index (χ3v) is 3.70. The molecule has 1 rings (SSSR count). The van der Waals surface area contributed by atoms with Crippen molar-refractivity contribution < 1.29 is 5.21 Å². The van der Waals surface area contributed by atoms with Crippen molar-refractivity contribution in [3.63, 3.8) is 0 Å². The summed E-state index contributed by atoms with van der Waals surface area (Å²) in [7, 11) is 0. The number of nitrogens with zero attached hydrogens (tertiary/aromatic N) is 1. The molecule has 1 fully saturated rings. The molecule has 0 aromatic carbocycles. The fraction of sp³-hybridized carbons (Fsp3) is 0.917. The van der Waals surface area contributed by atoms with Crippen LogP contribution >= 0.6 is 0 Å². The number of rotatable bonds is 7. The van der Waals surface area contributed by atoms with Crippen molar-refractivity contribution in [2.45, 2.75) is 46.5 Å². The predicted molar refractivity (Wildman–Crippen MR) is 66.6 cm³/mol. The van der Waals surface area contributed by atoms with E-state index < -0.39 is 0 Å². The number of amidine groups is 1. The molecule has 1 aliphatic carbocycles. The zero-order valence-corrected chi connectivity index (χ0v) is 10.7. The summed E-state index contributed by atoms with van der Waals surface area (Å²) in [6.45, 7) is 8.76. The van der Waals surface area contributed by atoms with E-state index in [0.717, 1.165) is 13.1 Å². The van der Waals surface area contributed by atoms with Gasteiger partial charge in [0, 0.05) is 19.5 Å². The molecule has 4 nitrogen and oxygen atoms in total. The number of hydrogen-bond donors (Lipinski definition) is 3. The van der Waals surface area contributed by atoms with Gasteiger partial charge in [0.15, 0.2) is 0 Å². The van der Waals surface area contributed by atoms with Crippen LogP contribution in [0.1, 0.15) is 46.5 Å². The number of oxime groups is 1. The third kappa shape index (κ3) is 4.00. The van der Waals surface area contributed by atoms with Crippen LogP contribution in [0.25, 0.3) is 0 Å². The lowest BCUT2D eigenvalue weighted by atomic mass is 9.90. The Balaban J connectivity index is 2.27. The van der Waals surface area contributed by atoms with Gasteiger partial charge in [-0.05, 0) is 30.1 Å². The average molecular weight is 227 g/mol. The van der Waals surface area contributed by atoms with E-state index in [4.69, 9.17) is 10.9 Å². The first-order chi connectivity index (χ1) is 7.43. The zero-order valence-electron chi connectivity index (χ0n) is 10.7. The second-order valence-electron chi connectivity index (χ2n) is 5.89. The van der Waals surface area contributed by atoms with E-state index in [-0.39, 0.29) is 5.41 Å². The van der Waals surface area contributed by atoms with Crippen LogP contribution in [-0.2, 0) is 0 Å². The summed E-state index contributed by atoms with van der Waals surface area (Å²) in [5, 5.41) is 15.1. The summed E-state index contributed by atoms with van der Waals surface area (Å²) >= 11 is 0. The Morgan fingerprint density at radius 1 is 1.50 bits per heavy atom. The molecular weight excluding hydrogens is 202 g/mol. The molecule has 0 radical (unpaired) electrons. The van der Waals surface area contributed by atoms with Gasteiger partial charge in [0.25, 0.3) is 0 Å². The SMILES string of the molecule is CCC(C)(C)CNCC1(CC(N)=NO)CC1. The highest BCUT2D eigenvalue weighted by molar-refractivity contribution is 5.80. The summed E-state index contributed by atoms with van der Waals surface area (Å²) in [5.74, 6) is 0.356. The molecule has 0 saturated heterocycles. The molecule has 0 heterocycles. The van der Waals surface area contributed by atoms with Crippen LogP contribution in [-0.4, -0.2) is 24.1 Å². The van der Waals surface area contributed by atoms with E-state index in [1.807, 2.05) is 0 Å². The van der Waals surface area contributed by atoms with Gasteiger partial charge in [-0.15, -0.1) is 0 Å². The molecule has 0 aliphatic heterocycles. The molecule has 0 spiro atoms. The second kappa shape index (κ2) is 5.04. The van der Waals surface area contributed by atoms with Gasteiger partial charge in [0.2, 0.25) is 0 Å². The van der Waals surface area contributed by atoms with Crippen LogP contribution in [0.3, 0.4) is 0 Å². The van der Waals surface area contributed by atoms with Crippen molar-refractivity contribution in [1.82, 2.24) is 5.32 Å². The van der Waals surface area contributed by atoms with Crippen LogP contribution in [0.5, 0.6) is 0 Å². The largest absolute Gasteiger partial charge is 0.409 e. The number of hydrogen-bond acceptors (Lipinski definition) is 3. The minimum atomic E-state index is 0.264. The van der Waals surface area contributed by atoms with E-state index in [2.05, 4.69) is 31.2 Å². The van der Waals surface area contributed by atoms with E-state index in [1.54, 1.807) is 0 Å². The van der Waals surface area contributed by atoms with Gasteiger partial charge in [-0.25, -0.2) is 0 Å². The first-order valence-electron chi connectivity index (χ1n) is 6.10. The molecule has 16 heavy (non-hydrogen) atoms. The van der Waals surface area contributed by atoms with Crippen molar-refractivity contribution in [2.75, 3.05) is 13.1 Å². The Labute approximate surface area is 98.3 Å². The van der Waals surface area contributed by atoms with Crippen LogP contribution in [0.15, 0.2) is 5.16 Å². The Kier molecular flexibility index (Phi) is 4.19. The van der Waals surface area contributed by atoms with Gasteiger partial charge in [-0.2, -0.15) is 0 Å². The quantitative estimate of drug-likeness (QED) is 0.269. The maximum atomic E-state index is 8.56. The van der Waals surface area contributed by atoms with Gasteiger partial charge in [-0.1, -0.05) is 25.9 Å². The standard InChI is InChI=1S/C12H25N3O/c1-4-11(2,3)8-14-9-12(5-6-12)7-10(13)15-16/h14,16H,4-9H2,1-3H3,(H2,13,15). The Hall–Kier alpha value is -0.770. The predicted octanol–water partition coefficient (Wildman–Crippen LogP) is 1.93. The van der Waals surface area contributed by atoms with Gasteiger partial charge >= 0.3 is 0 Å². The van der Waals surface area contributed by atoms with Crippen LogP contribution in [0.2, 0.25) is 0 Å². The highest BCUT2D eigenvalue weighted by Gasteiger charge is 2.43. The lowest BCUT2D eigenvalue weighted by Crippen LogP contribution is -2.34. The summed E-state index contributed by atoms with van der Waals surface area (Å²) in [4.78, 5) is 0. The first-order valence-corrected chi connectivity index (χ1v) is 6.10. The fourth-order valence-electron chi connectivity index (χ4n) is 1.80. The maximum Gasteiger partial charge on any atom is 0.139 e. The van der Waals surface area contributed by atoms with Crippen LogP contribution < -0.4 is 11.1 Å². The molecule has 1 saturated carbocycles. The first kappa shape index (κ1) is 13.3. The molecule has 0 unspecified atom stereocenters. The molecule has 0 aromatic rings. The molecule has 0 bridgehead atoms. The number of nitrogens with one attached hydrogen (secondary N) is 1. The van der Waals surface area contributed by atoms with Crippen molar-refractivity contribution in [2.24, 2.45) is 21.7 Å². The molecule has 0 amide bonds. The maximum absolute atomic E-state index is 8.56. The normalized spacial score (nSPS) is 19.8. The third-order valence-electron chi connectivity index (χ3n) is 3.70. The summed E-state index contributed by atoms with van der Waals surface area (Å²) in [6, 6.07) is 0. The van der Waals surface area contributed by atoms with Crippen LogP contribution in [0.4, 0.5) is 0 Å². The molecule has 0 atom stereocenters. The van der Waals surface area contributed by atoms with Crippen molar-refractivity contribution in [1.29, 1.82) is 0 Å². The Morgan fingerprint density at radius 2 is 2.12 bits per heavy atom. The van der Waals surface area contributed by atoms with Gasteiger partial charge in [0.05, 0.1) is 0 Å². The van der Waals surface area contributed by atoms with Crippen molar-refractivity contribution >= 4 is 5.84 Å². The molecule has 94 valence electrons. The topological polar surface area (TPSA) is 70.6 Å². The Morgan fingerprint density at radius 3 is 2.56 bits per heavy atom. The Bertz CT molecular complexity index is 257. The van der Waals surface area contributed by atoms with Crippen molar-refractivity contribution in [3.05, 3.63) is 0 Å². The average Bonchev–Trinajstić information content (AvgIpc) is 2.98. The van der Waals surface area contributed by atoms with Gasteiger partial charge < -0.3 is 16.3 Å². The molecular formula is C12H25N3O. The smallest absolute Gasteiger partial charge is 0.139 e.